The van der Waals surface area contributed by atoms with Crippen LogP contribution in [0.3, 0.4) is 0 Å². The highest BCUT2D eigenvalue weighted by atomic mass is 16.6. The Bertz CT molecular complexity index is 890. The van der Waals surface area contributed by atoms with Crippen LogP contribution in [0.2, 0.25) is 0 Å². The molecular weight excluding hydrogens is 348 g/mol. The minimum absolute atomic E-state index is 0.0241. The third-order valence-corrected chi connectivity index (χ3v) is 4.35. The minimum atomic E-state index is -0.435. The van der Waals surface area contributed by atoms with Gasteiger partial charge in [0, 0.05) is 24.2 Å². The molecule has 27 heavy (non-hydrogen) atoms. The molecule has 7 nitrogen and oxygen atoms in total. The van der Waals surface area contributed by atoms with Gasteiger partial charge in [0.15, 0.2) is 0 Å². The lowest BCUT2D eigenvalue weighted by Gasteiger charge is -2.29. The highest BCUT2D eigenvalue weighted by molar-refractivity contribution is 5.96. The number of nitrogens with zero attached hydrogens (tertiary/aromatic N) is 2. The Morgan fingerprint density at radius 2 is 1.89 bits per heavy atom. The van der Waals surface area contributed by atoms with E-state index < -0.39 is 4.92 Å². The van der Waals surface area contributed by atoms with E-state index in [4.69, 9.17) is 4.74 Å². The fraction of sp³-hybridized carbons (Fsp3) is 0.300. The number of nitro benzene ring substituents is 1. The maximum Gasteiger partial charge on any atom is 0.338 e. The molecule has 1 aliphatic rings. The van der Waals surface area contributed by atoms with Gasteiger partial charge in [0.2, 0.25) is 5.91 Å². The smallest absolute Gasteiger partial charge is 0.338 e. The van der Waals surface area contributed by atoms with Crippen molar-refractivity contribution in [3.05, 3.63) is 69.3 Å². The molecule has 140 valence electrons. The zero-order valence-electron chi connectivity index (χ0n) is 15.2. The molecule has 0 saturated heterocycles. The molecule has 1 amide bonds. The lowest BCUT2D eigenvalue weighted by atomic mass is 9.99. The fourth-order valence-corrected chi connectivity index (χ4v) is 3.04. The molecule has 2 aromatic rings. The molecule has 2 aromatic carbocycles. The molecule has 3 rings (SSSR count). The number of fused-ring (bicyclic) bond motifs is 1. The number of aryl methyl sites for hydroxylation is 1. The van der Waals surface area contributed by atoms with Crippen molar-refractivity contribution in [2.24, 2.45) is 0 Å². The van der Waals surface area contributed by atoms with Crippen molar-refractivity contribution in [1.82, 2.24) is 0 Å². The van der Waals surface area contributed by atoms with E-state index in [0.29, 0.717) is 30.6 Å². The number of amides is 1. The number of carbonyl (C=O) groups excluding carboxylic acids is 2. The lowest BCUT2D eigenvalue weighted by molar-refractivity contribution is -0.384. The number of nitro groups is 1. The molecule has 0 saturated carbocycles. The van der Waals surface area contributed by atoms with Crippen LogP contribution in [-0.2, 0) is 22.5 Å². The van der Waals surface area contributed by atoms with Crippen LogP contribution in [0.4, 0.5) is 11.4 Å². The average Bonchev–Trinajstić information content (AvgIpc) is 2.63. The van der Waals surface area contributed by atoms with E-state index in [1.54, 1.807) is 49.1 Å². The van der Waals surface area contributed by atoms with E-state index in [-0.39, 0.29) is 23.7 Å². The van der Waals surface area contributed by atoms with Gasteiger partial charge in [-0.1, -0.05) is 12.1 Å². The minimum Gasteiger partial charge on any atom is -0.459 e. The van der Waals surface area contributed by atoms with Gasteiger partial charge in [0.1, 0.15) is 0 Å². The first-order valence-electron chi connectivity index (χ1n) is 8.73. The van der Waals surface area contributed by atoms with Crippen molar-refractivity contribution in [1.29, 1.82) is 0 Å². The molecule has 0 spiro atoms. The van der Waals surface area contributed by atoms with Crippen LogP contribution in [0.15, 0.2) is 42.5 Å². The first kappa shape index (κ1) is 18.6. The summed E-state index contributed by atoms with van der Waals surface area (Å²) in [4.78, 5) is 36.5. The molecule has 0 unspecified atom stereocenters. The first-order valence-corrected chi connectivity index (χ1v) is 8.73. The quantitative estimate of drug-likeness (QED) is 0.457. The Morgan fingerprint density at radius 1 is 1.19 bits per heavy atom. The SMILES string of the molecule is CC(C)OC(=O)c1ccc(CN2C(=O)CCc3cc([N+](=O)[O-])ccc32)cc1. The summed E-state index contributed by atoms with van der Waals surface area (Å²) in [5.74, 6) is -0.414. The Labute approximate surface area is 156 Å². The van der Waals surface area contributed by atoms with Crippen LogP contribution in [0.25, 0.3) is 0 Å². The van der Waals surface area contributed by atoms with Crippen LogP contribution >= 0.6 is 0 Å². The molecule has 7 heteroatoms. The van der Waals surface area contributed by atoms with Crippen LogP contribution < -0.4 is 4.90 Å². The van der Waals surface area contributed by atoms with Crippen LogP contribution in [0.1, 0.15) is 41.8 Å². The molecule has 0 fully saturated rings. The zero-order chi connectivity index (χ0) is 19.6. The van der Waals surface area contributed by atoms with Gasteiger partial charge >= 0.3 is 5.97 Å². The number of anilines is 1. The highest BCUT2D eigenvalue weighted by Gasteiger charge is 2.26. The maximum atomic E-state index is 12.4. The molecule has 1 aliphatic heterocycles. The second-order valence-corrected chi connectivity index (χ2v) is 6.70. The summed E-state index contributed by atoms with van der Waals surface area (Å²) in [5.41, 5.74) is 2.82. The van der Waals surface area contributed by atoms with Crippen molar-refractivity contribution in [2.45, 2.75) is 39.3 Å². The van der Waals surface area contributed by atoms with E-state index in [0.717, 1.165) is 11.1 Å². The lowest BCUT2D eigenvalue weighted by Crippen LogP contribution is -2.34. The number of hydrogen-bond donors (Lipinski definition) is 0. The summed E-state index contributed by atoms with van der Waals surface area (Å²) < 4.78 is 5.16. The predicted molar refractivity (Wildman–Crippen MR) is 99.6 cm³/mol. The topological polar surface area (TPSA) is 89.8 Å². The second-order valence-electron chi connectivity index (χ2n) is 6.70. The molecule has 0 aliphatic carbocycles. The second kappa shape index (κ2) is 7.57. The van der Waals surface area contributed by atoms with Gasteiger partial charge in [-0.25, -0.2) is 4.79 Å². The van der Waals surface area contributed by atoms with Gasteiger partial charge in [-0.3, -0.25) is 14.9 Å². The van der Waals surface area contributed by atoms with Crippen molar-refractivity contribution in [3.63, 3.8) is 0 Å². The summed E-state index contributed by atoms with van der Waals surface area (Å²) in [6, 6.07) is 11.5. The van der Waals surface area contributed by atoms with Crippen molar-refractivity contribution in [3.8, 4) is 0 Å². The number of benzene rings is 2. The molecular formula is C20H20N2O5. The van der Waals surface area contributed by atoms with Crippen molar-refractivity contribution < 1.29 is 19.2 Å². The Hall–Kier alpha value is -3.22. The molecule has 0 aromatic heterocycles. The van der Waals surface area contributed by atoms with Gasteiger partial charge < -0.3 is 9.64 Å². The van der Waals surface area contributed by atoms with E-state index in [2.05, 4.69) is 0 Å². The number of carbonyl (C=O) groups is 2. The number of ether oxygens (including phenoxy) is 1. The monoisotopic (exact) mass is 368 g/mol. The van der Waals surface area contributed by atoms with E-state index in [9.17, 15) is 19.7 Å². The fourth-order valence-electron chi connectivity index (χ4n) is 3.04. The Morgan fingerprint density at radius 3 is 2.52 bits per heavy atom. The van der Waals surface area contributed by atoms with E-state index >= 15 is 0 Å². The third kappa shape index (κ3) is 4.13. The highest BCUT2D eigenvalue weighted by Crippen LogP contribution is 2.32. The van der Waals surface area contributed by atoms with Gasteiger partial charge in [0.25, 0.3) is 5.69 Å². The largest absolute Gasteiger partial charge is 0.459 e. The number of rotatable bonds is 5. The summed E-state index contributed by atoms with van der Waals surface area (Å²) in [5, 5.41) is 11.0. The Kier molecular flexibility index (Phi) is 5.21. The first-order chi connectivity index (χ1) is 12.8. The normalized spacial score (nSPS) is 13.4. The number of non-ortho nitro benzene ring substituents is 1. The molecule has 1 heterocycles. The van der Waals surface area contributed by atoms with Crippen LogP contribution in [0.5, 0.6) is 0 Å². The Balaban J connectivity index is 1.80. The molecule has 0 radical (unpaired) electrons. The van der Waals surface area contributed by atoms with E-state index in [1.807, 2.05) is 0 Å². The summed E-state index contributed by atoms with van der Waals surface area (Å²) in [6.45, 7) is 3.91. The summed E-state index contributed by atoms with van der Waals surface area (Å²) >= 11 is 0. The van der Waals surface area contributed by atoms with Gasteiger partial charge in [-0.2, -0.15) is 0 Å². The van der Waals surface area contributed by atoms with Crippen molar-refractivity contribution in [2.75, 3.05) is 4.90 Å². The van der Waals surface area contributed by atoms with Gasteiger partial charge in [-0.05, 0) is 49.6 Å². The number of esters is 1. The van der Waals surface area contributed by atoms with E-state index in [1.165, 1.54) is 12.1 Å². The molecule has 0 atom stereocenters. The predicted octanol–water partition coefficient (Wildman–Crippen LogP) is 3.64. The van der Waals surface area contributed by atoms with Gasteiger partial charge in [-0.15, -0.1) is 0 Å². The zero-order valence-corrected chi connectivity index (χ0v) is 15.2. The summed E-state index contributed by atoms with van der Waals surface area (Å²) in [7, 11) is 0. The van der Waals surface area contributed by atoms with Gasteiger partial charge in [0.05, 0.1) is 23.1 Å². The van der Waals surface area contributed by atoms with Crippen molar-refractivity contribution >= 4 is 23.3 Å². The van der Waals surface area contributed by atoms with Crippen LogP contribution in [-0.4, -0.2) is 22.9 Å². The average molecular weight is 368 g/mol. The number of hydrogen-bond acceptors (Lipinski definition) is 5. The molecule has 0 bridgehead atoms. The summed E-state index contributed by atoms with van der Waals surface area (Å²) in [6.07, 6.45) is 0.614. The molecule has 0 N–H and O–H groups in total. The maximum absolute atomic E-state index is 12.4. The van der Waals surface area contributed by atoms with Crippen LogP contribution in [0, 0.1) is 10.1 Å². The third-order valence-electron chi connectivity index (χ3n) is 4.35. The standard InChI is InChI=1S/C20H20N2O5/c1-13(2)27-20(24)15-5-3-14(4-6-15)12-21-18-9-8-17(22(25)26)11-16(18)7-10-19(21)23/h3-6,8-9,11,13H,7,10,12H2,1-2H3.